The molecule has 16 heteroatoms. The number of hydrogen-bond acceptors (Lipinski definition) is 4. The predicted octanol–water partition coefficient (Wildman–Crippen LogP) is 10.3. The van der Waals surface area contributed by atoms with E-state index in [0.29, 0.717) is 11.1 Å². The molecule has 0 atom stereocenters. The van der Waals surface area contributed by atoms with E-state index >= 15 is 0 Å². The molecule has 4 rings (SSSR count). The standard InChI is InChI=1S/C32H26F12O4/c1-3-19-9-13-21(14-10-19)47-25-23(27(33,34)31(41,42)29(25,37)38)45-17-7-5-6-8-18-46-24-26(30(39,40)32(43,44)28(24,35)36)48-22-15-11-20(4-2)12-16-22/h3-4,9-16H,1-2,5-8,17-18H2. The van der Waals surface area contributed by atoms with Crippen LogP contribution >= 0.6 is 0 Å². The first-order valence-electron chi connectivity index (χ1n) is 14.1. The van der Waals surface area contributed by atoms with Crippen molar-refractivity contribution >= 4 is 12.2 Å². The van der Waals surface area contributed by atoms with Crippen molar-refractivity contribution in [3.05, 3.63) is 95.9 Å². The van der Waals surface area contributed by atoms with Gasteiger partial charge in [-0.15, -0.1) is 0 Å². The minimum absolute atomic E-state index is 0.0328. The third-order valence-electron chi connectivity index (χ3n) is 7.33. The van der Waals surface area contributed by atoms with Crippen LogP contribution in [0.5, 0.6) is 11.5 Å². The molecule has 0 aliphatic heterocycles. The Morgan fingerprint density at radius 1 is 0.438 bits per heavy atom. The summed E-state index contributed by atoms with van der Waals surface area (Å²) >= 11 is 0. The molecule has 48 heavy (non-hydrogen) atoms. The zero-order chi connectivity index (χ0) is 35.8. The molecular formula is C32H26F12O4. The SMILES string of the molecule is C=Cc1ccc(OC2=C(OCCCCCCOC3=C(Oc4ccc(C=C)cc4)C(F)(F)C(F)(F)C3(F)F)C(F)(F)C(F)(F)C2(F)F)cc1. The van der Waals surface area contributed by atoms with Crippen LogP contribution in [-0.4, -0.2) is 48.7 Å². The van der Waals surface area contributed by atoms with Gasteiger partial charge in [-0.2, -0.15) is 52.7 Å². The molecule has 2 aliphatic carbocycles. The second kappa shape index (κ2) is 13.0. The molecule has 4 nitrogen and oxygen atoms in total. The Labute approximate surface area is 265 Å². The first-order valence-corrected chi connectivity index (χ1v) is 14.1. The molecule has 0 heterocycles. The van der Waals surface area contributed by atoms with Gasteiger partial charge >= 0.3 is 35.5 Å². The molecule has 0 fully saturated rings. The van der Waals surface area contributed by atoms with Crippen molar-refractivity contribution in [3.63, 3.8) is 0 Å². The monoisotopic (exact) mass is 702 g/mol. The van der Waals surface area contributed by atoms with Gasteiger partial charge in [0.2, 0.25) is 23.0 Å². The van der Waals surface area contributed by atoms with E-state index in [2.05, 4.69) is 22.6 Å². The third kappa shape index (κ3) is 6.09. The highest BCUT2D eigenvalue weighted by Crippen LogP contribution is 2.61. The van der Waals surface area contributed by atoms with Gasteiger partial charge in [0.15, 0.2) is 0 Å². The van der Waals surface area contributed by atoms with Crippen LogP contribution in [0, 0.1) is 0 Å². The number of halogens is 12. The van der Waals surface area contributed by atoms with E-state index in [1.807, 2.05) is 0 Å². The van der Waals surface area contributed by atoms with Crippen molar-refractivity contribution < 1.29 is 71.6 Å². The molecule has 0 amide bonds. The smallest absolute Gasteiger partial charge is 0.387 e. The van der Waals surface area contributed by atoms with Crippen molar-refractivity contribution in [1.82, 2.24) is 0 Å². The van der Waals surface area contributed by atoms with Crippen LogP contribution in [0.1, 0.15) is 36.8 Å². The van der Waals surface area contributed by atoms with Crippen LogP contribution in [0.2, 0.25) is 0 Å². The third-order valence-corrected chi connectivity index (χ3v) is 7.33. The van der Waals surface area contributed by atoms with Gasteiger partial charge in [0.1, 0.15) is 11.5 Å². The maximum absolute atomic E-state index is 14.5. The summed E-state index contributed by atoms with van der Waals surface area (Å²) in [6.45, 7) is 5.33. The normalized spacial score (nSPS) is 21.2. The van der Waals surface area contributed by atoms with Crippen LogP contribution < -0.4 is 9.47 Å². The van der Waals surface area contributed by atoms with E-state index in [4.69, 9.17) is 9.47 Å². The first kappa shape index (κ1) is 36.6. The van der Waals surface area contributed by atoms with E-state index in [0.717, 1.165) is 24.3 Å². The lowest BCUT2D eigenvalue weighted by atomic mass is 10.1. The van der Waals surface area contributed by atoms with Gasteiger partial charge in [0.05, 0.1) is 13.2 Å². The van der Waals surface area contributed by atoms with Crippen LogP contribution in [-0.2, 0) is 9.47 Å². The Morgan fingerprint density at radius 3 is 1.02 bits per heavy atom. The van der Waals surface area contributed by atoms with Crippen LogP contribution in [0.4, 0.5) is 52.7 Å². The molecule has 0 saturated carbocycles. The minimum Gasteiger partial charge on any atom is -0.488 e. The van der Waals surface area contributed by atoms with Crippen molar-refractivity contribution in [1.29, 1.82) is 0 Å². The second-order valence-corrected chi connectivity index (χ2v) is 10.6. The van der Waals surface area contributed by atoms with Gasteiger partial charge in [-0.3, -0.25) is 0 Å². The molecule has 2 aromatic rings. The highest BCUT2D eigenvalue weighted by atomic mass is 19.4. The average Bonchev–Trinajstić information content (AvgIpc) is 3.19. The molecule has 0 radical (unpaired) electrons. The number of ether oxygens (including phenoxy) is 4. The Hall–Kier alpha value is -4.24. The van der Waals surface area contributed by atoms with E-state index in [9.17, 15) is 52.7 Å². The van der Waals surface area contributed by atoms with Gasteiger partial charge in [0, 0.05) is 0 Å². The lowest BCUT2D eigenvalue weighted by Crippen LogP contribution is -2.49. The molecule has 0 spiro atoms. The summed E-state index contributed by atoms with van der Waals surface area (Å²) in [7, 11) is 0. The highest BCUT2D eigenvalue weighted by Gasteiger charge is 2.84. The summed E-state index contributed by atoms with van der Waals surface area (Å²) in [4.78, 5) is 0. The van der Waals surface area contributed by atoms with E-state index in [-0.39, 0.29) is 25.7 Å². The molecule has 2 aromatic carbocycles. The topological polar surface area (TPSA) is 36.9 Å². The fourth-order valence-electron chi connectivity index (χ4n) is 4.55. The molecule has 0 saturated heterocycles. The molecule has 2 aliphatic rings. The minimum atomic E-state index is -5.90. The zero-order valence-electron chi connectivity index (χ0n) is 24.6. The van der Waals surface area contributed by atoms with Gasteiger partial charge < -0.3 is 18.9 Å². The lowest BCUT2D eigenvalue weighted by Gasteiger charge is -2.24. The largest absolute Gasteiger partial charge is 0.488 e. The van der Waals surface area contributed by atoms with Crippen molar-refractivity contribution in [2.75, 3.05) is 13.2 Å². The Bertz CT molecular complexity index is 1440. The Morgan fingerprint density at radius 2 is 0.729 bits per heavy atom. The molecule has 262 valence electrons. The van der Waals surface area contributed by atoms with Crippen LogP contribution in [0.3, 0.4) is 0 Å². The maximum Gasteiger partial charge on any atom is 0.387 e. The van der Waals surface area contributed by atoms with Crippen molar-refractivity contribution in [2.45, 2.75) is 61.2 Å². The van der Waals surface area contributed by atoms with Crippen LogP contribution in [0.25, 0.3) is 12.2 Å². The van der Waals surface area contributed by atoms with Crippen molar-refractivity contribution in [3.8, 4) is 11.5 Å². The zero-order valence-corrected chi connectivity index (χ0v) is 24.6. The number of alkyl halides is 12. The Kier molecular flexibility index (Phi) is 9.90. The summed E-state index contributed by atoms with van der Waals surface area (Å²) in [5.41, 5.74) is 0.972. The second-order valence-electron chi connectivity index (χ2n) is 10.6. The van der Waals surface area contributed by atoms with Crippen LogP contribution in [0.15, 0.2) is 84.7 Å². The number of unbranched alkanes of at least 4 members (excludes halogenated alkanes) is 3. The Balaban J connectivity index is 1.37. The predicted molar refractivity (Wildman–Crippen MR) is 148 cm³/mol. The van der Waals surface area contributed by atoms with Gasteiger partial charge in [-0.1, -0.05) is 49.6 Å². The van der Waals surface area contributed by atoms with Gasteiger partial charge in [0.25, 0.3) is 0 Å². The number of hydrogen-bond donors (Lipinski definition) is 0. The fourth-order valence-corrected chi connectivity index (χ4v) is 4.55. The van der Waals surface area contributed by atoms with Gasteiger partial charge in [-0.25, -0.2) is 0 Å². The van der Waals surface area contributed by atoms with Gasteiger partial charge in [-0.05, 0) is 61.1 Å². The summed E-state index contributed by atoms with van der Waals surface area (Å²) in [6, 6.07) is 9.43. The molecule has 0 N–H and O–H groups in total. The maximum atomic E-state index is 14.5. The number of rotatable bonds is 15. The average molecular weight is 703 g/mol. The fraction of sp³-hybridized carbons (Fsp3) is 0.375. The quantitative estimate of drug-likeness (QED) is 0.137. The highest BCUT2D eigenvalue weighted by molar-refractivity contribution is 5.50. The number of allylic oxidation sites excluding steroid dienone is 4. The van der Waals surface area contributed by atoms with E-state index in [1.165, 1.54) is 36.4 Å². The van der Waals surface area contributed by atoms with E-state index in [1.54, 1.807) is 0 Å². The lowest BCUT2D eigenvalue weighted by molar-refractivity contribution is -0.275. The summed E-state index contributed by atoms with van der Waals surface area (Å²) in [5, 5.41) is 0. The molecule has 0 bridgehead atoms. The first-order chi connectivity index (χ1) is 22.3. The van der Waals surface area contributed by atoms with E-state index < -0.39 is 83.3 Å². The molecule has 0 aromatic heterocycles. The summed E-state index contributed by atoms with van der Waals surface area (Å²) in [5.74, 6) is -42.9. The number of benzene rings is 2. The molecule has 0 unspecified atom stereocenters. The summed E-state index contributed by atoms with van der Waals surface area (Å²) < 4.78 is 191. The summed E-state index contributed by atoms with van der Waals surface area (Å²) in [6.07, 6.45) is 2.20. The van der Waals surface area contributed by atoms with Crippen molar-refractivity contribution in [2.24, 2.45) is 0 Å². The molecular weight excluding hydrogens is 676 g/mol.